The molecule has 0 amide bonds. The number of hydrogen-bond acceptors (Lipinski definition) is 4. The molecule has 6 heteroatoms. The molecular weight excluding hydrogens is 327 g/mol. The average molecular weight is 339 g/mol. The van der Waals surface area contributed by atoms with Crippen LogP contribution in [0.3, 0.4) is 0 Å². The van der Waals surface area contributed by atoms with E-state index in [1.807, 2.05) is 6.07 Å². The number of nitrogens with one attached hydrogen (secondary N) is 1. The Bertz CT molecular complexity index is 705. The van der Waals surface area contributed by atoms with E-state index in [1.54, 1.807) is 29.7 Å². The monoisotopic (exact) mass is 338 g/mol. The highest BCUT2D eigenvalue weighted by molar-refractivity contribution is 7.15. The minimum absolute atomic E-state index is 0.316. The summed E-state index contributed by atoms with van der Waals surface area (Å²) < 4.78 is 13.9. The van der Waals surface area contributed by atoms with Gasteiger partial charge in [-0.1, -0.05) is 23.7 Å². The van der Waals surface area contributed by atoms with Crippen LogP contribution in [-0.2, 0) is 13.1 Å². The van der Waals surface area contributed by atoms with E-state index in [1.165, 1.54) is 22.3 Å². The molecule has 0 radical (unpaired) electrons. The topological polar surface area (TPSA) is 24.9 Å². The van der Waals surface area contributed by atoms with E-state index in [-0.39, 0.29) is 5.82 Å². The molecule has 1 aromatic carbocycles. The Morgan fingerprint density at radius 3 is 2.86 bits per heavy atom. The summed E-state index contributed by atoms with van der Waals surface area (Å²) in [5.74, 6) is -0.316. The number of halogens is 2. The van der Waals surface area contributed by atoms with Gasteiger partial charge >= 0.3 is 0 Å². The second kappa shape index (κ2) is 6.66. The fourth-order valence-electron chi connectivity index (χ4n) is 1.95. The number of thiophene rings is 1. The predicted octanol–water partition coefficient (Wildman–Crippen LogP) is 4.95. The normalized spacial score (nSPS) is 11.0. The van der Waals surface area contributed by atoms with Crippen LogP contribution in [0.4, 0.5) is 4.39 Å². The molecule has 2 nitrogen and oxygen atoms in total. The third kappa shape index (κ3) is 3.49. The zero-order valence-corrected chi connectivity index (χ0v) is 13.4. The van der Waals surface area contributed by atoms with Crippen molar-refractivity contribution in [3.05, 3.63) is 62.6 Å². The minimum atomic E-state index is -0.316. The van der Waals surface area contributed by atoms with Crippen molar-refractivity contribution in [2.45, 2.75) is 13.1 Å². The summed E-state index contributed by atoms with van der Waals surface area (Å²) in [4.78, 5) is 6.36. The average Bonchev–Trinajstić information content (AvgIpc) is 3.11. The highest BCUT2D eigenvalue weighted by Crippen LogP contribution is 2.34. The van der Waals surface area contributed by atoms with Crippen LogP contribution in [0.2, 0.25) is 5.02 Å². The quantitative estimate of drug-likeness (QED) is 0.711. The van der Waals surface area contributed by atoms with Crippen molar-refractivity contribution in [2.24, 2.45) is 0 Å². The number of nitrogens with zero attached hydrogens (tertiary/aromatic N) is 1. The molecule has 2 heterocycles. The molecule has 0 bridgehead atoms. The smallest absolute Gasteiger partial charge is 0.133 e. The van der Waals surface area contributed by atoms with Crippen LogP contribution in [0.5, 0.6) is 0 Å². The molecule has 0 spiro atoms. The zero-order valence-electron chi connectivity index (χ0n) is 11.0. The molecule has 0 aliphatic rings. The molecule has 2 aromatic heterocycles. The van der Waals surface area contributed by atoms with Gasteiger partial charge in [0.15, 0.2) is 0 Å². The SMILES string of the molecule is Fc1cccc(Cl)c1-c1cnc(CNCc2cccs2)s1. The van der Waals surface area contributed by atoms with E-state index in [0.717, 1.165) is 16.4 Å². The van der Waals surface area contributed by atoms with Crippen molar-refractivity contribution in [1.82, 2.24) is 10.3 Å². The summed E-state index contributed by atoms with van der Waals surface area (Å²) in [5, 5.41) is 6.72. The first-order chi connectivity index (χ1) is 10.2. The van der Waals surface area contributed by atoms with Gasteiger partial charge in [0, 0.05) is 29.7 Å². The number of thiazole rings is 1. The molecule has 0 atom stereocenters. The second-order valence-electron chi connectivity index (χ2n) is 4.40. The molecular formula is C15H12ClFN2S2. The minimum Gasteiger partial charge on any atom is -0.306 e. The fourth-order valence-corrected chi connectivity index (χ4v) is 3.89. The first-order valence-corrected chi connectivity index (χ1v) is 8.43. The lowest BCUT2D eigenvalue weighted by Crippen LogP contribution is -2.11. The molecule has 0 saturated carbocycles. The summed E-state index contributed by atoms with van der Waals surface area (Å²) in [6.45, 7) is 1.47. The Kier molecular flexibility index (Phi) is 4.65. The lowest BCUT2D eigenvalue weighted by Gasteiger charge is -2.02. The van der Waals surface area contributed by atoms with Gasteiger partial charge in [-0.05, 0) is 23.6 Å². The lowest BCUT2D eigenvalue weighted by molar-refractivity contribution is 0.632. The van der Waals surface area contributed by atoms with Crippen LogP contribution in [-0.4, -0.2) is 4.98 Å². The summed E-state index contributed by atoms with van der Waals surface area (Å²) in [6.07, 6.45) is 1.68. The Labute approximate surface area is 135 Å². The summed E-state index contributed by atoms with van der Waals surface area (Å²) >= 11 is 9.24. The summed E-state index contributed by atoms with van der Waals surface area (Å²) in [5.41, 5.74) is 0.432. The number of benzene rings is 1. The van der Waals surface area contributed by atoms with Crippen molar-refractivity contribution in [3.63, 3.8) is 0 Å². The van der Waals surface area contributed by atoms with Crippen molar-refractivity contribution in [3.8, 4) is 10.4 Å². The first-order valence-electron chi connectivity index (χ1n) is 6.36. The standard InChI is InChI=1S/C15H12ClFN2S2/c16-11-4-1-5-12(17)15(11)13-8-19-14(21-13)9-18-7-10-3-2-6-20-10/h1-6,8,18H,7,9H2. The van der Waals surface area contributed by atoms with Gasteiger partial charge in [0.25, 0.3) is 0 Å². The van der Waals surface area contributed by atoms with E-state index in [2.05, 4.69) is 21.7 Å². The third-order valence-electron chi connectivity index (χ3n) is 2.92. The lowest BCUT2D eigenvalue weighted by atomic mass is 10.2. The van der Waals surface area contributed by atoms with Crippen LogP contribution in [0.25, 0.3) is 10.4 Å². The van der Waals surface area contributed by atoms with E-state index >= 15 is 0 Å². The van der Waals surface area contributed by atoms with Crippen molar-refractivity contribution in [2.75, 3.05) is 0 Å². The third-order valence-corrected chi connectivity index (χ3v) is 5.12. The van der Waals surface area contributed by atoms with Crippen LogP contribution in [0.15, 0.2) is 41.9 Å². The maximum absolute atomic E-state index is 13.9. The van der Waals surface area contributed by atoms with Gasteiger partial charge in [-0.25, -0.2) is 9.37 Å². The van der Waals surface area contributed by atoms with E-state index in [0.29, 0.717) is 17.1 Å². The van der Waals surface area contributed by atoms with E-state index in [4.69, 9.17) is 11.6 Å². The number of hydrogen-bond donors (Lipinski definition) is 1. The van der Waals surface area contributed by atoms with Gasteiger partial charge in [-0.3, -0.25) is 0 Å². The molecule has 0 aliphatic carbocycles. The van der Waals surface area contributed by atoms with Crippen molar-refractivity contribution >= 4 is 34.3 Å². The van der Waals surface area contributed by atoms with E-state index < -0.39 is 0 Å². The Balaban J connectivity index is 1.69. The van der Waals surface area contributed by atoms with Crippen molar-refractivity contribution < 1.29 is 4.39 Å². The predicted molar refractivity (Wildman–Crippen MR) is 87.4 cm³/mol. The van der Waals surface area contributed by atoms with Crippen LogP contribution < -0.4 is 5.32 Å². The van der Waals surface area contributed by atoms with Gasteiger partial charge in [0.05, 0.1) is 9.90 Å². The highest BCUT2D eigenvalue weighted by Gasteiger charge is 2.12. The fraction of sp³-hybridized carbons (Fsp3) is 0.133. The molecule has 0 saturated heterocycles. The molecule has 0 fully saturated rings. The maximum atomic E-state index is 13.9. The Morgan fingerprint density at radius 1 is 1.19 bits per heavy atom. The molecule has 1 N–H and O–H groups in total. The van der Waals surface area contributed by atoms with Crippen LogP contribution in [0, 0.1) is 5.82 Å². The molecule has 0 unspecified atom stereocenters. The van der Waals surface area contributed by atoms with Crippen molar-refractivity contribution in [1.29, 1.82) is 0 Å². The summed E-state index contributed by atoms with van der Waals surface area (Å²) in [6, 6.07) is 8.82. The Morgan fingerprint density at radius 2 is 2.10 bits per heavy atom. The van der Waals surface area contributed by atoms with Crippen LogP contribution in [0.1, 0.15) is 9.88 Å². The Hall–Kier alpha value is -1.27. The van der Waals surface area contributed by atoms with Gasteiger partial charge in [0.1, 0.15) is 10.8 Å². The second-order valence-corrected chi connectivity index (χ2v) is 6.95. The maximum Gasteiger partial charge on any atom is 0.133 e. The van der Waals surface area contributed by atoms with Gasteiger partial charge in [-0.2, -0.15) is 0 Å². The molecule has 21 heavy (non-hydrogen) atoms. The van der Waals surface area contributed by atoms with E-state index in [9.17, 15) is 4.39 Å². The van der Waals surface area contributed by atoms with Gasteiger partial charge in [0.2, 0.25) is 0 Å². The first kappa shape index (κ1) is 14.7. The van der Waals surface area contributed by atoms with Crippen LogP contribution >= 0.6 is 34.3 Å². The largest absolute Gasteiger partial charge is 0.306 e. The zero-order chi connectivity index (χ0) is 14.7. The number of rotatable bonds is 5. The molecule has 3 aromatic rings. The highest BCUT2D eigenvalue weighted by atomic mass is 35.5. The van der Waals surface area contributed by atoms with Gasteiger partial charge < -0.3 is 5.32 Å². The van der Waals surface area contributed by atoms with Gasteiger partial charge in [-0.15, -0.1) is 22.7 Å². The summed E-state index contributed by atoms with van der Waals surface area (Å²) in [7, 11) is 0. The molecule has 3 rings (SSSR count). The molecule has 108 valence electrons. The molecule has 0 aliphatic heterocycles. The number of aromatic nitrogens is 1.